The van der Waals surface area contributed by atoms with E-state index in [2.05, 4.69) is 0 Å². The van der Waals surface area contributed by atoms with Crippen molar-refractivity contribution in [3.05, 3.63) is 0 Å². The van der Waals surface area contributed by atoms with Gasteiger partial charge in [-0.1, -0.05) is 6.42 Å². The fraction of sp³-hybridized carbons (Fsp3) is 0.889. The summed E-state index contributed by atoms with van der Waals surface area (Å²) in [7, 11) is 0. The molecule has 1 aliphatic carbocycles. The van der Waals surface area contributed by atoms with Crippen molar-refractivity contribution < 1.29 is 15.0 Å². The number of aldehydes is 1. The quantitative estimate of drug-likeness (QED) is 0.566. The van der Waals surface area contributed by atoms with Crippen molar-refractivity contribution >= 4 is 6.29 Å². The van der Waals surface area contributed by atoms with E-state index in [-0.39, 0.29) is 5.92 Å². The van der Waals surface area contributed by atoms with Crippen LogP contribution < -0.4 is 0 Å². The molecule has 3 heteroatoms. The van der Waals surface area contributed by atoms with Gasteiger partial charge >= 0.3 is 0 Å². The van der Waals surface area contributed by atoms with Crippen molar-refractivity contribution in [3.8, 4) is 0 Å². The molecule has 70 valence electrons. The third-order valence-electron chi connectivity index (χ3n) is 2.54. The molecule has 0 aromatic heterocycles. The minimum absolute atomic E-state index is 0.0900. The van der Waals surface area contributed by atoms with E-state index in [0.29, 0.717) is 19.3 Å². The number of carbonyl (C=O) groups excluding carboxylic acids is 1. The molecule has 2 N–H and O–H groups in total. The van der Waals surface area contributed by atoms with Crippen LogP contribution in [0.5, 0.6) is 0 Å². The number of aliphatic hydroxyl groups excluding tert-OH is 2. The average Bonchev–Trinajstić information content (AvgIpc) is 2.07. The Balaban J connectivity index is 2.40. The van der Waals surface area contributed by atoms with Gasteiger partial charge in [-0.2, -0.15) is 0 Å². The Labute approximate surface area is 72.4 Å². The molecule has 12 heavy (non-hydrogen) atoms. The van der Waals surface area contributed by atoms with E-state index < -0.39 is 12.2 Å². The van der Waals surface area contributed by atoms with Crippen LogP contribution in [-0.4, -0.2) is 28.7 Å². The third kappa shape index (κ3) is 2.57. The van der Waals surface area contributed by atoms with E-state index in [1.807, 2.05) is 0 Å². The SMILES string of the molecule is O=CC1CCCC(O)C(O)CC1. The van der Waals surface area contributed by atoms with Crippen LogP contribution in [0.1, 0.15) is 32.1 Å². The predicted molar refractivity (Wildman–Crippen MR) is 44.7 cm³/mol. The second kappa shape index (κ2) is 4.58. The molecule has 0 aromatic rings. The van der Waals surface area contributed by atoms with Gasteiger partial charge in [0.1, 0.15) is 6.29 Å². The molecular formula is C9H16O3. The second-order valence-electron chi connectivity index (χ2n) is 3.54. The van der Waals surface area contributed by atoms with Crippen LogP contribution >= 0.6 is 0 Å². The van der Waals surface area contributed by atoms with E-state index in [1.165, 1.54) is 0 Å². The largest absolute Gasteiger partial charge is 0.390 e. The smallest absolute Gasteiger partial charge is 0.123 e. The number of carbonyl (C=O) groups is 1. The van der Waals surface area contributed by atoms with Gasteiger partial charge in [-0.05, 0) is 25.7 Å². The van der Waals surface area contributed by atoms with Gasteiger partial charge in [-0.3, -0.25) is 0 Å². The maximum Gasteiger partial charge on any atom is 0.123 e. The highest BCUT2D eigenvalue weighted by Crippen LogP contribution is 2.21. The predicted octanol–water partition coefficient (Wildman–Crippen LogP) is 0.487. The van der Waals surface area contributed by atoms with Crippen molar-refractivity contribution in [3.63, 3.8) is 0 Å². The molecule has 3 unspecified atom stereocenters. The summed E-state index contributed by atoms with van der Waals surface area (Å²) in [5.41, 5.74) is 0. The molecule has 1 saturated carbocycles. The van der Waals surface area contributed by atoms with Crippen LogP contribution in [0.25, 0.3) is 0 Å². The maximum atomic E-state index is 10.5. The zero-order valence-corrected chi connectivity index (χ0v) is 7.15. The van der Waals surface area contributed by atoms with E-state index in [4.69, 9.17) is 0 Å². The lowest BCUT2D eigenvalue weighted by atomic mass is 9.89. The molecule has 0 radical (unpaired) electrons. The summed E-state index contributed by atoms with van der Waals surface area (Å²) >= 11 is 0. The van der Waals surface area contributed by atoms with Gasteiger partial charge in [-0.25, -0.2) is 0 Å². The summed E-state index contributed by atoms with van der Waals surface area (Å²) in [6.45, 7) is 0. The maximum absolute atomic E-state index is 10.5. The molecule has 1 rings (SSSR count). The molecule has 0 amide bonds. The van der Waals surface area contributed by atoms with Crippen LogP contribution in [-0.2, 0) is 4.79 Å². The van der Waals surface area contributed by atoms with Crippen LogP contribution in [0, 0.1) is 5.92 Å². The van der Waals surface area contributed by atoms with Gasteiger partial charge in [0.05, 0.1) is 12.2 Å². The standard InChI is InChI=1S/C9H16O3/c10-6-7-2-1-3-8(11)9(12)5-4-7/h6-9,11-12H,1-5H2. The van der Waals surface area contributed by atoms with Crippen molar-refractivity contribution in [1.82, 2.24) is 0 Å². The van der Waals surface area contributed by atoms with Crippen LogP contribution in [0.4, 0.5) is 0 Å². The minimum atomic E-state index is -0.632. The zero-order valence-electron chi connectivity index (χ0n) is 7.15. The molecule has 0 saturated heterocycles. The summed E-state index contributed by atoms with van der Waals surface area (Å²) in [5.74, 6) is 0.0900. The normalized spacial score (nSPS) is 38.3. The van der Waals surface area contributed by atoms with Gasteiger partial charge < -0.3 is 15.0 Å². The summed E-state index contributed by atoms with van der Waals surface area (Å²) in [4.78, 5) is 10.5. The first-order valence-electron chi connectivity index (χ1n) is 4.55. The molecule has 3 nitrogen and oxygen atoms in total. The second-order valence-corrected chi connectivity index (χ2v) is 3.54. The molecule has 0 aromatic carbocycles. The number of hydrogen-bond acceptors (Lipinski definition) is 3. The van der Waals surface area contributed by atoms with Crippen molar-refractivity contribution in [2.75, 3.05) is 0 Å². The Hall–Kier alpha value is -0.410. The van der Waals surface area contributed by atoms with Crippen LogP contribution in [0.3, 0.4) is 0 Å². The van der Waals surface area contributed by atoms with E-state index in [1.54, 1.807) is 0 Å². The van der Waals surface area contributed by atoms with E-state index in [9.17, 15) is 15.0 Å². The molecule has 0 bridgehead atoms. The monoisotopic (exact) mass is 172 g/mol. The first-order chi connectivity index (χ1) is 5.74. The van der Waals surface area contributed by atoms with Crippen molar-refractivity contribution in [2.45, 2.75) is 44.3 Å². The molecule has 0 spiro atoms. The number of hydrogen-bond donors (Lipinski definition) is 2. The van der Waals surface area contributed by atoms with Gasteiger partial charge in [0.25, 0.3) is 0 Å². The lowest BCUT2D eigenvalue weighted by molar-refractivity contribution is -0.112. The highest BCUT2D eigenvalue weighted by Gasteiger charge is 2.21. The van der Waals surface area contributed by atoms with Crippen molar-refractivity contribution in [1.29, 1.82) is 0 Å². The van der Waals surface area contributed by atoms with Gasteiger partial charge in [-0.15, -0.1) is 0 Å². The fourth-order valence-corrected chi connectivity index (χ4v) is 1.64. The minimum Gasteiger partial charge on any atom is -0.390 e. The summed E-state index contributed by atoms with van der Waals surface area (Å²) in [5, 5.41) is 18.6. The molecule has 0 aliphatic heterocycles. The third-order valence-corrected chi connectivity index (χ3v) is 2.54. The first kappa shape index (κ1) is 9.68. The summed E-state index contributed by atoms with van der Waals surface area (Å²) in [6.07, 6.45) is 3.31. The summed E-state index contributed by atoms with van der Waals surface area (Å²) in [6, 6.07) is 0. The Morgan fingerprint density at radius 2 is 1.67 bits per heavy atom. The Morgan fingerprint density at radius 1 is 1.00 bits per heavy atom. The number of aliphatic hydroxyl groups is 2. The molecule has 1 aliphatic rings. The average molecular weight is 172 g/mol. The van der Waals surface area contributed by atoms with Crippen molar-refractivity contribution in [2.24, 2.45) is 5.92 Å². The highest BCUT2D eigenvalue weighted by atomic mass is 16.3. The fourth-order valence-electron chi connectivity index (χ4n) is 1.64. The van der Waals surface area contributed by atoms with Crippen LogP contribution in [0.15, 0.2) is 0 Å². The van der Waals surface area contributed by atoms with Crippen LogP contribution in [0.2, 0.25) is 0 Å². The van der Waals surface area contributed by atoms with Gasteiger partial charge in [0.2, 0.25) is 0 Å². The van der Waals surface area contributed by atoms with E-state index in [0.717, 1.165) is 19.1 Å². The summed E-state index contributed by atoms with van der Waals surface area (Å²) < 4.78 is 0. The number of rotatable bonds is 1. The lowest BCUT2D eigenvalue weighted by Crippen LogP contribution is -2.28. The van der Waals surface area contributed by atoms with Gasteiger partial charge in [0, 0.05) is 5.92 Å². The molecule has 0 heterocycles. The molecular weight excluding hydrogens is 156 g/mol. The Bertz CT molecular complexity index is 147. The molecule has 1 fully saturated rings. The first-order valence-corrected chi connectivity index (χ1v) is 4.55. The highest BCUT2D eigenvalue weighted by molar-refractivity contribution is 5.53. The van der Waals surface area contributed by atoms with Gasteiger partial charge in [0.15, 0.2) is 0 Å². The molecule has 3 atom stereocenters. The zero-order chi connectivity index (χ0) is 8.97. The van der Waals surface area contributed by atoms with E-state index >= 15 is 0 Å². The Kier molecular flexibility index (Phi) is 3.69. The topological polar surface area (TPSA) is 57.5 Å². The Morgan fingerprint density at radius 3 is 2.33 bits per heavy atom. The lowest BCUT2D eigenvalue weighted by Gasteiger charge is -2.22.